The molecule has 3 aliphatic rings. The fourth-order valence-electron chi connectivity index (χ4n) is 11.0. The normalized spacial score (nSPS) is 16.4. The molecule has 1 nitrogen and oxygen atoms in total. The van der Waals surface area contributed by atoms with E-state index < -0.39 is 0 Å². The highest BCUT2D eigenvalue weighted by atomic mass is 16.3. The van der Waals surface area contributed by atoms with Gasteiger partial charge >= 0.3 is 0 Å². The van der Waals surface area contributed by atoms with Gasteiger partial charge in [-0.1, -0.05) is 133 Å². The summed E-state index contributed by atoms with van der Waals surface area (Å²) in [6, 6.07) is 50.4. The second-order valence-electron chi connectivity index (χ2n) is 17.6. The van der Waals surface area contributed by atoms with Crippen molar-refractivity contribution in [3.05, 3.63) is 167 Å². The molecule has 1 heterocycles. The molecule has 1 aromatic heterocycles. The van der Waals surface area contributed by atoms with Crippen LogP contribution in [0.25, 0.3) is 88.0 Å². The van der Waals surface area contributed by atoms with Crippen LogP contribution in [0.15, 0.2) is 138 Å². The topological polar surface area (TPSA) is 13.1 Å². The fraction of sp³-hybridized carbons (Fsp3) is 0.170. The van der Waals surface area contributed by atoms with Crippen LogP contribution < -0.4 is 0 Å². The number of para-hydroxylation sites is 1. The van der Waals surface area contributed by atoms with Gasteiger partial charge in [-0.3, -0.25) is 0 Å². The molecule has 3 aliphatic carbocycles. The summed E-state index contributed by atoms with van der Waals surface area (Å²) >= 11 is 0. The highest BCUT2D eigenvalue weighted by Crippen LogP contribution is 2.61. The van der Waals surface area contributed by atoms with Crippen molar-refractivity contribution in [2.45, 2.75) is 57.8 Å². The van der Waals surface area contributed by atoms with Gasteiger partial charge in [-0.05, 0) is 142 Å². The Bertz CT molecular complexity index is 3180. The van der Waals surface area contributed by atoms with Gasteiger partial charge in [-0.25, -0.2) is 0 Å². The average molecular weight is 693 g/mol. The number of fused-ring (bicyclic) bond motifs is 16. The van der Waals surface area contributed by atoms with Gasteiger partial charge in [0.1, 0.15) is 11.2 Å². The molecule has 0 aliphatic heterocycles. The third-order valence-corrected chi connectivity index (χ3v) is 13.9. The van der Waals surface area contributed by atoms with Crippen molar-refractivity contribution in [3.63, 3.8) is 0 Å². The molecule has 1 heteroatoms. The third kappa shape index (κ3) is 3.56. The summed E-state index contributed by atoms with van der Waals surface area (Å²) in [6.07, 6.45) is 0. The highest BCUT2D eigenvalue weighted by molar-refractivity contribution is 6.18. The number of hydrogen-bond acceptors (Lipinski definition) is 1. The molecule has 54 heavy (non-hydrogen) atoms. The molecule has 12 rings (SSSR count). The van der Waals surface area contributed by atoms with E-state index in [9.17, 15) is 0 Å². The largest absolute Gasteiger partial charge is 0.456 e. The van der Waals surface area contributed by atoms with Crippen LogP contribution in [-0.2, 0) is 16.2 Å². The van der Waals surface area contributed by atoms with Gasteiger partial charge in [0.05, 0.1) is 0 Å². The standard InChI is InChI=1S/C53H40O/c1-51(2)40-23-22-29-14-7-8-15-30(29)48(40)38-27-41-36(25-43(38)51)37-26-44-39(28-42(37)52(41,3)4)49-32-17-10-9-16-31(32)35(24-45(49)53(44,5)6)33-19-13-21-47-50(33)34-18-11-12-20-46(34)54-47/h7-28H,1-6H3. The van der Waals surface area contributed by atoms with Crippen LogP contribution in [-0.4, -0.2) is 0 Å². The lowest BCUT2D eigenvalue weighted by Crippen LogP contribution is -2.17. The number of rotatable bonds is 1. The third-order valence-electron chi connectivity index (χ3n) is 13.9. The van der Waals surface area contributed by atoms with Gasteiger partial charge < -0.3 is 4.42 Å². The van der Waals surface area contributed by atoms with E-state index >= 15 is 0 Å². The smallest absolute Gasteiger partial charge is 0.136 e. The quantitative estimate of drug-likeness (QED) is 0.167. The Hall–Kier alpha value is -5.92. The number of furan rings is 1. The Morgan fingerprint density at radius 3 is 1.56 bits per heavy atom. The minimum atomic E-state index is -0.192. The van der Waals surface area contributed by atoms with Crippen LogP contribution in [0.5, 0.6) is 0 Å². The van der Waals surface area contributed by atoms with Crippen molar-refractivity contribution in [2.75, 3.05) is 0 Å². The molecule has 0 fully saturated rings. The number of benzene rings is 8. The summed E-state index contributed by atoms with van der Waals surface area (Å²) in [4.78, 5) is 0. The van der Waals surface area contributed by atoms with Crippen molar-refractivity contribution in [2.24, 2.45) is 0 Å². The summed E-state index contributed by atoms with van der Waals surface area (Å²) in [5.41, 5.74) is 20.9. The maximum absolute atomic E-state index is 6.38. The summed E-state index contributed by atoms with van der Waals surface area (Å²) < 4.78 is 6.38. The van der Waals surface area contributed by atoms with E-state index in [1.165, 1.54) is 110 Å². The Balaban J connectivity index is 1.09. The lowest BCUT2D eigenvalue weighted by atomic mass is 9.78. The van der Waals surface area contributed by atoms with Crippen LogP contribution in [0.2, 0.25) is 0 Å². The summed E-state index contributed by atoms with van der Waals surface area (Å²) in [6.45, 7) is 14.6. The Kier molecular flexibility index (Phi) is 5.53. The van der Waals surface area contributed by atoms with Crippen LogP contribution in [0.1, 0.15) is 74.9 Å². The van der Waals surface area contributed by atoms with Gasteiger partial charge in [0.15, 0.2) is 0 Å². The molecule has 9 aromatic rings. The van der Waals surface area contributed by atoms with Crippen LogP contribution in [0.4, 0.5) is 0 Å². The zero-order valence-corrected chi connectivity index (χ0v) is 31.6. The van der Waals surface area contributed by atoms with Crippen LogP contribution >= 0.6 is 0 Å². The summed E-state index contributed by atoms with van der Waals surface area (Å²) in [5.74, 6) is 0. The first-order valence-electron chi connectivity index (χ1n) is 19.4. The van der Waals surface area contributed by atoms with Crippen molar-refractivity contribution < 1.29 is 4.42 Å². The predicted octanol–water partition coefficient (Wildman–Crippen LogP) is 14.5. The monoisotopic (exact) mass is 692 g/mol. The van der Waals surface area contributed by atoms with E-state index in [2.05, 4.69) is 175 Å². The first-order chi connectivity index (χ1) is 26.0. The fourth-order valence-corrected chi connectivity index (χ4v) is 11.0. The van der Waals surface area contributed by atoms with E-state index in [4.69, 9.17) is 4.42 Å². The van der Waals surface area contributed by atoms with Gasteiger partial charge in [0.25, 0.3) is 0 Å². The average Bonchev–Trinajstić information content (AvgIpc) is 3.82. The molecule has 0 amide bonds. The van der Waals surface area contributed by atoms with Crippen LogP contribution in [0, 0.1) is 0 Å². The van der Waals surface area contributed by atoms with Gasteiger partial charge in [0.2, 0.25) is 0 Å². The molecule has 0 bridgehead atoms. The Morgan fingerprint density at radius 1 is 0.333 bits per heavy atom. The molecule has 0 saturated carbocycles. The van der Waals surface area contributed by atoms with Crippen molar-refractivity contribution in [1.82, 2.24) is 0 Å². The molecule has 0 spiro atoms. The first kappa shape index (κ1) is 30.5. The molecule has 0 radical (unpaired) electrons. The lowest BCUT2D eigenvalue weighted by Gasteiger charge is -2.25. The Labute approximate surface area is 315 Å². The molecule has 0 saturated heterocycles. The summed E-state index contributed by atoms with van der Waals surface area (Å²) in [5, 5.41) is 7.62. The van der Waals surface area contributed by atoms with Crippen LogP contribution in [0.3, 0.4) is 0 Å². The van der Waals surface area contributed by atoms with E-state index in [-0.39, 0.29) is 16.2 Å². The second kappa shape index (κ2) is 9.78. The number of hydrogen-bond donors (Lipinski definition) is 0. The Morgan fingerprint density at radius 2 is 0.833 bits per heavy atom. The zero-order valence-electron chi connectivity index (χ0n) is 31.6. The SMILES string of the molecule is CC1(C)c2cc3c(cc2-c2cc4c(cc21)-c1c(cc(-c2cccc5oc6ccccc6c25)c2ccccc12)C4(C)C)C(C)(C)c1ccc2ccccc2c1-3. The molecular weight excluding hydrogens is 653 g/mol. The van der Waals surface area contributed by atoms with Crippen molar-refractivity contribution >= 4 is 43.5 Å². The van der Waals surface area contributed by atoms with Gasteiger partial charge in [-0.15, -0.1) is 0 Å². The highest BCUT2D eigenvalue weighted by Gasteiger charge is 2.45. The molecular formula is C53H40O. The van der Waals surface area contributed by atoms with Gasteiger partial charge in [-0.2, -0.15) is 0 Å². The predicted molar refractivity (Wildman–Crippen MR) is 227 cm³/mol. The van der Waals surface area contributed by atoms with Crippen molar-refractivity contribution in [1.29, 1.82) is 0 Å². The maximum Gasteiger partial charge on any atom is 0.136 e. The van der Waals surface area contributed by atoms with E-state index in [0.717, 1.165) is 11.2 Å². The van der Waals surface area contributed by atoms with E-state index in [1.807, 2.05) is 0 Å². The second-order valence-corrected chi connectivity index (χ2v) is 17.6. The summed E-state index contributed by atoms with van der Waals surface area (Å²) in [7, 11) is 0. The minimum absolute atomic E-state index is 0.0820. The molecule has 258 valence electrons. The van der Waals surface area contributed by atoms with Gasteiger partial charge in [0, 0.05) is 27.0 Å². The first-order valence-corrected chi connectivity index (χ1v) is 19.4. The lowest BCUT2D eigenvalue weighted by molar-refractivity contribution is 0.649. The molecule has 0 atom stereocenters. The molecule has 0 unspecified atom stereocenters. The van der Waals surface area contributed by atoms with E-state index in [0.29, 0.717) is 0 Å². The maximum atomic E-state index is 6.38. The molecule has 0 N–H and O–H groups in total. The zero-order chi connectivity index (χ0) is 36.5. The van der Waals surface area contributed by atoms with E-state index in [1.54, 1.807) is 0 Å². The van der Waals surface area contributed by atoms with Crippen molar-refractivity contribution in [3.8, 4) is 44.5 Å². The molecule has 8 aromatic carbocycles. The minimum Gasteiger partial charge on any atom is -0.456 e.